The van der Waals surface area contributed by atoms with E-state index in [0.717, 1.165) is 51.7 Å². The Morgan fingerprint density at radius 1 is 0.927 bits per heavy atom. The number of sulfonamides is 1. The molecule has 0 radical (unpaired) electrons. The molecule has 0 fully saturated rings. The highest BCUT2D eigenvalue weighted by Crippen LogP contribution is 2.34. The normalized spacial score (nSPS) is 12.1. The van der Waals surface area contributed by atoms with E-state index < -0.39 is 15.8 Å². The molecule has 3 N–H and O–H groups in total. The van der Waals surface area contributed by atoms with Gasteiger partial charge in [-0.05, 0) is 73.3 Å². The Bertz CT molecular complexity index is 2020. The molecule has 1 aromatic carbocycles. The van der Waals surface area contributed by atoms with Crippen LogP contribution in [0.1, 0.15) is 11.1 Å². The molecule has 0 aliphatic carbocycles. The fraction of sp³-hybridized carbons (Fsp3) is 0.172. The second-order valence-electron chi connectivity index (χ2n) is 10.3. The van der Waals surface area contributed by atoms with Crippen molar-refractivity contribution in [2.24, 2.45) is 0 Å². The number of rotatable bonds is 8. The monoisotopic (exact) mass is 570 g/mol. The van der Waals surface area contributed by atoms with Gasteiger partial charge in [-0.25, -0.2) is 22.5 Å². The Morgan fingerprint density at radius 3 is 2.54 bits per heavy atom. The first-order valence-electron chi connectivity index (χ1n) is 12.8. The summed E-state index contributed by atoms with van der Waals surface area (Å²) < 4.78 is 40.1. The first-order chi connectivity index (χ1) is 19.6. The van der Waals surface area contributed by atoms with Gasteiger partial charge in [0.1, 0.15) is 17.0 Å². The fourth-order valence-corrected chi connectivity index (χ4v) is 5.29. The molecule has 0 aliphatic rings. The minimum absolute atomic E-state index is 0.0216. The zero-order valence-corrected chi connectivity index (χ0v) is 23.4. The van der Waals surface area contributed by atoms with Crippen LogP contribution in [0, 0.1) is 5.82 Å². The van der Waals surface area contributed by atoms with Crippen molar-refractivity contribution in [2.45, 2.75) is 13.1 Å². The summed E-state index contributed by atoms with van der Waals surface area (Å²) in [4.78, 5) is 19.1. The highest BCUT2D eigenvalue weighted by atomic mass is 32.2. The van der Waals surface area contributed by atoms with Crippen LogP contribution in [0.15, 0.2) is 67.3 Å². The lowest BCUT2D eigenvalue weighted by Crippen LogP contribution is -2.21. The summed E-state index contributed by atoms with van der Waals surface area (Å²) in [5, 5.41) is 8.42. The third-order valence-electron chi connectivity index (χ3n) is 6.60. The van der Waals surface area contributed by atoms with Gasteiger partial charge in [0.15, 0.2) is 0 Å². The molecular weight excluding hydrogens is 543 g/mol. The third kappa shape index (κ3) is 5.71. The van der Waals surface area contributed by atoms with E-state index in [-0.39, 0.29) is 6.54 Å². The summed E-state index contributed by atoms with van der Waals surface area (Å²) >= 11 is 0. The summed E-state index contributed by atoms with van der Waals surface area (Å²) in [6, 6.07) is 12.4. The average Bonchev–Trinajstić information content (AvgIpc) is 3.54. The van der Waals surface area contributed by atoms with Gasteiger partial charge in [-0.1, -0.05) is 0 Å². The van der Waals surface area contributed by atoms with Gasteiger partial charge >= 0.3 is 0 Å². The van der Waals surface area contributed by atoms with Gasteiger partial charge in [0.2, 0.25) is 10.0 Å². The lowest BCUT2D eigenvalue weighted by molar-refractivity contribution is 0.402. The maximum Gasteiger partial charge on any atom is 0.209 e. The standard InChI is InChI=1S/C29H27FN8O2S/c1-38(2)16-18-7-20(13-31-11-18)24-4-5-25-28(35-24)29(37-36-25)26-10-22-23(14-32-15-27(22)34-26)19-6-17(8-21(30)9-19)12-33-41(3,39)40/h4-11,13-15,33-34H,12,16H2,1-3H3,(H,36,37). The van der Waals surface area contributed by atoms with Crippen molar-refractivity contribution >= 4 is 32.0 Å². The van der Waals surface area contributed by atoms with E-state index in [0.29, 0.717) is 27.9 Å². The largest absolute Gasteiger partial charge is 0.352 e. The molecule has 5 aromatic heterocycles. The quantitative estimate of drug-likeness (QED) is 0.246. The Kier molecular flexibility index (Phi) is 6.81. The maximum atomic E-state index is 14.6. The molecule has 0 atom stereocenters. The van der Waals surface area contributed by atoms with Gasteiger partial charge in [-0.15, -0.1) is 0 Å². The molecule has 208 valence electrons. The number of fused-ring (bicyclic) bond motifs is 2. The molecule has 0 saturated carbocycles. The number of halogens is 1. The van der Waals surface area contributed by atoms with Crippen molar-refractivity contribution in [3.05, 3.63) is 84.2 Å². The molecule has 0 amide bonds. The van der Waals surface area contributed by atoms with Crippen molar-refractivity contribution in [3.8, 4) is 33.8 Å². The molecule has 0 spiro atoms. The number of H-pyrrole nitrogens is 2. The molecule has 41 heavy (non-hydrogen) atoms. The predicted molar refractivity (Wildman–Crippen MR) is 157 cm³/mol. The van der Waals surface area contributed by atoms with Crippen LogP contribution in [-0.4, -0.2) is 63.8 Å². The molecule has 12 heteroatoms. The van der Waals surface area contributed by atoms with E-state index in [9.17, 15) is 12.8 Å². The lowest BCUT2D eigenvalue weighted by Gasteiger charge is -2.10. The lowest BCUT2D eigenvalue weighted by atomic mass is 10.0. The van der Waals surface area contributed by atoms with Crippen LogP contribution in [0.25, 0.3) is 55.7 Å². The van der Waals surface area contributed by atoms with E-state index in [1.165, 1.54) is 12.1 Å². The smallest absolute Gasteiger partial charge is 0.209 e. The van der Waals surface area contributed by atoms with Crippen LogP contribution in [0.4, 0.5) is 4.39 Å². The summed E-state index contributed by atoms with van der Waals surface area (Å²) in [5.41, 5.74) is 8.13. The number of nitrogens with zero attached hydrogens (tertiary/aromatic N) is 5. The van der Waals surface area contributed by atoms with E-state index in [1.807, 2.05) is 38.5 Å². The minimum Gasteiger partial charge on any atom is -0.352 e. The Morgan fingerprint density at radius 2 is 1.73 bits per heavy atom. The van der Waals surface area contributed by atoms with Crippen LogP contribution in [0.2, 0.25) is 0 Å². The minimum atomic E-state index is -3.43. The van der Waals surface area contributed by atoms with Crippen molar-refractivity contribution in [2.75, 3.05) is 20.4 Å². The van der Waals surface area contributed by atoms with Crippen molar-refractivity contribution in [1.29, 1.82) is 0 Å². The first kappa shape index (κ1) is 26.7. The van der Waals surface area contributed by atoms with Gasteiger partial charge in [0.05, 0.1) is 34.9 Å². The van der Waals surface area contributed by atoms with Gasteiger partial charge in [0.25, 0.3) is 0 Å². The zero-order chi connectivity index (χ0) is 28.7. The van der Waals surface area contributed by atoms with Crippen molar-refractivity contribution in [1.82, 2.24) is 39.8 Å². The summed E-state index contributed by atoms with van der Waals surface area (Å²) in [5.74, 6) is -0.472. The molecule has 0 saturated heterocycles. The summed E-state index contributed by atoms with van der Waals surface area (Å²) in [7, 11) is 0.601. The number of hydrogen-bond acceptors (Lipinski definition) is 7. The summed E-state index contributed by atoms with van der Waals surface area (Å²) in [6.45, 7) is 0.749. The van der Waals surface area contributed by atoms with Crippen LogP contribution >= 0.6 is 0 Å². The van der Waals surface area contributed by atoms with E-state index in [2.05, 4.69) is 40.8 Å². The number of pyridine rings is 3. The molecule has 0 aliphatic heterocycles. The highest BCUT2D eigenvalue weighted by Gasteiger charge is 2.17. The van der Waals surface area contributed by atoms with E-state index in [4.69, 9.17) is 4.98 Å². The molecule has 6 aromatic rings. The maximum absolute atomic E-state index is 14.6. The first-order valence-corrected chi connectivity index (χ1v) is 14.7. The molecule has 6 rings (SSSR count). The van der Waals surface area contributed by atoms with Gasteiger partial charge in [0, 0.05) is 48.2 Å². The Hall–Kier alpha value is -4.52. The van der Waals surface area contributed by atoms with Crippen molar-refractivity contribution in [3.63, 3.8) is 0 Å². The van der Waals surface area contributed by atoms with E-state index >= 15 is 0 Å². The number of aromatic amines is 2. The number of aromatic nitrogens is 6. The summed E-state index contributed by atoms with van der Waals surface area (Å²) in [6.07, 6.45) is 8.07. The number of benzene rings is 1. The molecule has 0 bridgehead atoms. The van der Waals surface area contributed by atoms with Crippen molar-refractivity contribution < 1.29 is 12.8 Å². The predicted octanol–water partition coefficient (Wildman–Crippen LogP) is 4.48. The second-order valence-corrected chi connectivity index (χ2v) is 12.1. The fourth-order valence-electron chi connectivity index (χ4n) is 4.86. The molecule has 5 heterocycles. The third-order valence-corrected chi connectivity index (χ3v) is 7.27. The molecule has 0 unspecified atom stereocenters. The van der Waals surface area contributed by atoms with Gasteiger partial charge in [-0.3, -0.25) is 15.1 Å². The number of nitrogens with one attached hydrogen (secondary N) is 3. The molecule has 10 nitrogen and oxygen atoms in total. The van der Waals surface area contributed by atoms with E-state index in [1.54, 1.807) is 24.7 Å². The van der Waals surface area contributed by atoms with Gasteiger partial charge < -0.3 is 9.88 Å². The second kappa shape index (κ2) is 10.5. The van der Waals surface area contributed by atoms with Gasteiger partial charge in [-0.2, -0.15) is 5.10 Å². The van der Waals surface area contributed by atoms with Crippen LogP contribution < -0.4 is 4.72 Å². The van der Waals surface area contributed by atoms with Crippen LogP contribution in [0.5, 0.6) is 0 Å². The molecular formula is C29H27FN8O2S. The van der Waals surface area contributed by atoms with Crippen LogP contribution in [-0.2, 0) is 23.1 Å². The zero-order valence-electron chi connectivity index (χ0n) is 22.6. The Labute approximate surface area is 235 Å². The Balaban J connectivity index is 1.40. The topological polar surface area (TPSA) is 133 Å². The average molecular weight is 571 g/mol. The number of hydrogen-bond donors (Lipinski definition) is 3. The highest BCUT2D eigenvalue weighted by molar-refractivity contribution is 7.88. The SMILES string of the molecule is CN(C)Cc1cncc(-c2ccc3[nH]nc(-c4cc5c(-c6cc(F)cc(CNS(C)(=O)=O)c6)cncc5[nH]4)c3n2)c1. The van der Waals surface area contributed by atoms with Crippen LogP contribution in [0.3, 0.4) is 0 Å².